The number of hydrogen-bond acceptors (Lipinski definition) is 6. The third-order valence-electron chi connectivity index (χ3n) is 4.93. The standard InChI is InChI=1S/C22H20F3N3O4/c1-2-10-28(21(29)14-3-6-16(7-4-14)22(23,24)25)11-9-19-26-20(27-32-19)15-5-8-17-18(12-15)31-13-30-17/h3-8,12H,2,9-11,13H2,1H3. The highest BCUT2D eigenvalue weighted by Gasteiger charge is 2.30. The van der Waals surface area contributed by atoms with E-state index in [4.69, 9.17) is 14.0 Å². The number of fused-ring (bicyclic) bond motifs is 1. The molecule has 1 aliphatic rings. The van der Waals surface area contributed by atoms with Crippen molar-refractivity contribution in [3.63, 3.8) is 0 Å². The summed E-state index contributed by atoms with van der Waals surface area (Å²) in [6, 6.07) is 9.52. The Morgan fingerprint density at radius 2 is 1.81 bits per heavy atom. The summed E-state index contributed by atoms with van der Waals surface area (Å²) in [6.07, 6.45) is -3.44. The van der Waals surface area contributed by atoms with Crippen LogP contribution in [-0.2, 0) is 12.6 Å². The Kier molecular flexibility index (Phi) is 6.02. The van der Waals surface area contributed by atoms with Gasteiger partial charge in [0.25, 0.3) is 5.91 Å². The Balaban J connectivity index is 1.42. The number of carbonyl (C=O) groups is 1. The molecule has 168 valence electrons. The monoisotopic (exact) mass is 447 g/mol. The normalized spacial score (nSPS) is 12.8. The lowest BCUT2D eigenvalue weighted by atomic mass is 10.1. The van der Waals surface area contributed by atoms with Crippen LogP contribution < -0.4 is 9.47 Å². The van der Waals surface area contributed by atoms with Crippen LogP contribution in [-0.4, -0.2) is 40.8 Å². The second kappa shape index (κ2) is 8.89. The first kappa shape index (κ1) is 21.7. The maximum atomic E-state index is 12.8. The summed E-state index contributed by atoms with van der Waals surface area (Å²) in [5, 5.41) is 3.98. The first-order valence-corrected chi connectivity index (χ1v) is 10.0. The molecule has 0 radical (unpaired) electrons. The van der Waals surface area contributed by atoms with Gasteiger partial charge in [-0.15, -0.1) is 0 Å². The fourth-order valence-electron chi connectivity index (χ4n) is 3.31. The highest BCUT2D eigenvalue weighted by Crippen LogP contribution is 2.35. The molecular formula is C22H20F3N3O4. The zero-order valence-corrected chi connectivity index (χ0v) is 17.2. The minimum Gasteiger partial charge on any atom is -0.454 e. The highest BCUT2D eigenvalue weighted by molar-refractivity contribution is 5.94. The highest BCUT2D eigenvalue weighted by atomic mass is 19.4. The third kappa shape index (κ3) is 4.68. The van der Waals surface area contributed by atoms with Crippen molar-refractivity contribution >= 4 is 5.91 Å². The molecule has 0 fully saturated rings. The average Bonchev–Trinajstić information content (AvgIpc) is 3.44. The molecule has 7 nitrogen and oxygen atoms in total. The van der Waals surface area contributed by atoms with Crippen LogP contribution >= 0.6 is 0 Å². The zero-order valence-electron chi connectivity index (χ0n) is 17.2. The summed E-state index contributed by atoms with van der Waals surface area (Å²) >= 11 is 0. The summed E-state index contributed by atoms with van der Waals surface area (Å²) in [7, 11) is 0. The topological polar surface area (TPSA) is 77.7 Å². The molecule has 0 bridgehead atoms. The number of aromatic nitrogens is 2. The molecule has 0 saturated heterocycles. The number of carbonyl (C=O) groups excluding carboxylic acids is 1. The van der Waals surface area contributed by atoms with Gasteiger partial charge in [-0.25, -0.2) is 0 Å². The van der Waals surface area contributed by atoms with E-state index >= 15 is 0 Å². The van der Waals surface area contributed by atoms with E-state index in [1.54, 1.807) is 23.1 Å². The summed E-state index contributed by atoms with van der Waals surface area (Å²) in [6.45, 7) is 2.81. The fourth-order valence-corrected chi connectivity index (χ4v) is 3.31. The maximum Gasteiger partial charge on any atom is 0.416 e. The molecule has 4 rings (SSSR count). The molecule has 10 heteroatoms. The van der Waals surface area contributed by atoms with Crippen LogP contribution in [0.4, 0.5) is 13.2 Å². The fraction of sp³-hybridized carbons (Fsp3) is 0.318. The molecule has 0 spiro atoms. The van der Waals surface area contributed by atoms with Crippen LogP contribution in [0.1, 0.15) is 35.2 Å². The molecule has 0 aliphatic carbocycles. The second-order valence-electron chi connectivity index (χ2n) is 7.20. The number of ether oxygens (including phenoxy) is 2. The van der Waals surface area contributed by atoms with Crippen molar-refractivity contribution in [3.8, 4) is 22.9 Å². The quantitative estimate of drug-likeness (QED) is 0.528. The maximum absolute atomic E-state index is 12.8. The molecule has 0 unspecified atom stereocenters. The lowest BCUT2D eigenvalue weighted by Gasteiger charge is -2.21. The Bertz CT molecular complexity index is 1100. The first-order valence-electron chi connectivity index (χ1n) is 10.0. The van der Waals surface area contributed by atoms with Crippen molar-refractivity contribution in [2.45, 2.75) is 25.9 Å². The zero-order chi connectivity index (χ0) is 22.7. The van der Waals surface area contributed by atoms with Gasteiger partial charge in [-0.2, -0.15) is 18.2 Å². The van der Waals surface area contributed by atoms with Crippen LogP contribution in [0.2, 0.25) is 0 Å². The molecule has 1 aromatic heterocycles. The van der Waals surface area contributed by atoms with Gasteiger partial charge in [-0.05, 0) is 48.9 Å². The molecule has 0 saturated carbocycles. The molecule has 2 aromatic carbocycles. The molecule has 32 heavy (non-hydrogen) atoms. The van der Waals surface area contributed by atoms with Crippen molar-refractivity contribution < 1.29 is 32.0 Å². The van der Waals surface area contributed by atoms with Crippen LogP contribution in [0.15, 0.2) is 47.0 Å². The van der Waals surface area contributed by atoms with E-state index < -0.39 is 11.7 Å². The van der Waals surface area contributed by atoms with Gasteiger partial charge in [0.15, 0.2) is 11.5 Å². The minimum atomic E-state index is -4.45. The molecule has 1 amide bonds. The molecule has 1 aliphatic heterocycles. The predicted octanol–water partition coefficient (Wildman–Crippen LogP) is 4.58. The van der Waals surface area contributed by atoms with E-state index in [2.05, 4.69) is 10.1 Å². The Morgan fingerprint density at radius 3 is 2.53 bits per heavy atom. The van der Waals surface area contributed by atoms with Gasteiger partial charge in [0.05, 0.1) is 5.56 Å². The van der Waals surface area contributed by atoms with E-state index in [9.17, 15) is 18.0 Å². The number of hydrogen-bond donors (Lipinski definition) is 0. The number of nitrogens with zero attached hydrogens (tertiary/aromatic N) is 3. The molecule has 0 N–H and O–H groups in total. The Labute approximate surface area is 181 Å². The van der Waals surface area contributed by atoms with E-state index in [1.165, 1.54) is 12.1 Å². The summed E-state index contributed by atoms with van der Waals surface area (Å²) in [4.78, 5) is 18.7. The first-order chi connectivity index (χ1) is 15.3. The predicted molar refractivity (Wildman–Crippen MR) is 107 cm³/mol. The lowest BCUT2D eigenvalue weighted by molar-refractivity contribution is -0.137. The SMILES string of the molecule is CCCN(CCc1nc(-c2ccc3c(c2)OCO3)no1)C(=O)c1ccc(C(F)(F)F)cc1. The van der Waals surface area contributed by atoms with E-state index in [1.807, 2.05) is 6.92 Å². The molecule has 0 atom stereocenters. The van der Waals surface area contributed by atoms with Gasteiger partial charge < -0.3 is 18.9 Å². The Morgan fingerprint density at radius 1 is 1.06 bits per heavy atom. The number of rotatable bonds is 7. The van der Waals surface area contributed by atoms with E-state index in [0.717, 1.165) is 12.1 Å². The van der Waals surface area contributed by atoms with Crippen molar-refractivity contribution in [2.24, 2.45) is 0 Å². The molecule has 2 heterocycles. The van der Waals surface area contributed by atoms with Crippen molar-refractivity contribution in [1.29, 1.82) is 0 Å². The smallest absolute Gasteiger partial charge is 0.416 e. The number of benzene rings is 2. The lowest BCUT2D eigenvalue weighted by Crippen LogP contribution is -2.33. The molecule has 3 aromatic rings. The van der Waals surface area contributed by atoms with Crippen molar-refractivity contribution in [1.82, 2.24) is 15.0 Å². The van der Waals surface area contributed by atoms with Gasteiger partial charge in [0, 0.05) is 30.6 Å². The van der Waals surface area contributed by atoms with Gasteiger partial charge in [0.1, 0.15) is 0 Å². The van der Waals surface area contributed by atoms with Gasteiger partial charge in [-0.1, -0.05) is 12.1 Å². The second-order valence-corrected chi connectivity index (χ2v) is 7.20. The van der Waals surface area contributed by atoms with Crippen LogP contribution in [0.5, 0.6) is 11.5 Å². The van der Waals surface area contributed by atoms with Crippen LogP contribution in [0, 0.1) is 0 Å². The number of halogens is 3. The average molecular weight is 447 g/mol. The minimum absolute atomic E-state index is 0.163. The van der Waals surface area contributed by atoms with Gasteiger partial charge >= 0.3 is 6.18 Å². The summed E-state index contributed by atoms with van der Waals surface area (Å²) in [5.74, 6) is 1.63. The largest absolute Gasteiger partial charge is 0.454 e. The number of amides is 1. The summed E-state index contributed by atoms with van der Waals surface area (Å²) in [5.41, 5.74) is 0.103. The summed E-state index contributed by atoms with van der Waals surface area (Å²) < 4.78 is 54.2. The van der Waals surface area contributed by atoms with Crippen LogP contribution in [0.25, 0.3) is 11.4 Å². The van der Waals surface area contributed by atoms with E-state index in [-0.39, 0.29) is 24.8 Å². The molecular weight excluding hydrogens is 427 g/mol. The van der Waals surface area contributed by atoms with Gasteiger partial charge in [-0.3, -0.25) is 4.79 Å². The van der Waals surface area contributed by atoms with E-state index in [0.29, 0.717) is 48.2 Å². The van der Waals surface area contributed by atoms with Crippen molar-refractivity contribution in [3.05, 3.63) is 59.5 Å². The third-order valence-corrected chi connectivity index (χ3v) is 4.93. The van der Waals surface area contributed by atoms with Gasteiger partial charge in [0.2, 0.25) is 18.5 Å². The van der Waals surface area contributed by atoms with Crippen molar-refractivity contribution in [2.75, 3.05) is 19.9 Å². The van der Waals surface area contributed by atoms with Crippen LogP contribution in [0.3, 0.4) is 0 Å². The number of alkyl halides is 3. The Hall–Kier alpha value is -3.56.